The lowest BCUT2D eigenvalue weighted by Crippen LogP contribution is -2.53. The Morgan fingerprint density at radius 2 is 1.74 bits per heavy atom. The first kappa shape index (κ1) is 23.2. The van der Waals surface area contributed by atoms with Crippen molar-refractivity contribution in [1.29, 1.82) is 0 Å². The number of fused-ring (bicyclic) bond motifs is 1. The second-order valence-electron chi connectivity index (χ2n) is 9.51. The quantitative estimate of drug-likeness (QED) is 0.461. The van der Waals surface area contributed by atoms with E-state index in [1.807, 2.05) is 38.1 Å². The summed E-state index contributed by atoms with van der Waals surface area (Å²) in [5.41, 5.74) is 3.09. The van der Waals surface area contributed by atoms with E-state index in [2.05, 4.69) is 11.8 Å². The number of allylic oxidation sites excluding steroid dienone is 1. The first-order valence-corrected chi connectivity index (χ1v) is 12.0. The summed E-state index contributed by atoms with van der Waals surface area (Å²) in [6.45, 7) is 8.68. The van der Waals surface area contributed by atoms with Crippen molar-refractivity contribution in [2.24, 2.45) is 0 Å². The molecule has 0 bridgehead atoms. The number of phenols is 2. The number of rotatable bonds is 6. The van der Waals surface area contributed by atoms with Gasteiger partial charge in [0.25, 0.3) is 0 Å². The van der Waals surface area contributed by atoms with Crippen LogP contribution >= 0.6 is 0 Å². The Morgan fingerprint density at radius 3 is 2.43 bits per heavy atom. The molecule has 0 radical (unpaired) electrons. The average molecular weight is 476 g/mol. The first-order valence-electron chi connectivity index (χ1n) is 12.0. The Bertz CT molecular complexity index is 1280. The summed E-state index contributed by atoms with van der Waals surface area (Å²) in [5, 5.41) is 19.9. The van der Waals surface area contributed by atoms with Gasteiger partial charge in [0.1, 0.15) is 23.4 Å². The van der Waals surface area contributed by atoms with Crippen LogP contribution in [0.15, 0.2) is 60.7 Å². The van der Waals surface area contributed by atoms with E-state index in [-0.39, 0.29) is 23.4 Å². The van der Waals surface area contributed by atoms with Crippen LogP contribution in [-0.4, -0.2) is 40.9 Å². The predicted molar refractivity (Wildman–Crippen MR) is 134 cm³/mol. The van der Waals surface area contributed by atoms with E-state index in [0.717, 1.165) is 48.3 Å². The van der Waals surface area contributed by atoms with Crippen LogP contribution < -0.4 is 9.47 Å². The summed E-state index contributed by atoms with van der Waals surface area (Å²) in [7, 11) is 0. The molecule has 1 atom stereocenters. The Labute approximate surface area is 205 Å². The van der Waals surface area contributed by atoms with Crippen LogP contribution in [0.1, 0.15) is 43.9 Å². The minimum atomic E-state index is -1.05. The minimum absolute atomic E-state index is 0.00651. The van der Waals surface area contributed by atoms with Crippen molar-refractivity contribution in [3.63, 3.8) is 0 Å². The molecule has 3 aromatic rings. The van der Waals surface area contributed by atoms with Gasteiger partial charge < -0.3 is 19.7 Å². The van der Waals surface area contributed by atoms with Gasteiger partial charge in [-0.1, -0.05) is 25.1 Å². The van der Waals surface area contributed by atoms with E-state index < -0.39 is 11.4 Å². The predicted octanol–water partition coefficient (Wildman–Crippen LogP) is 5.95. The molecule has 5 rings (SSSR count). The normalized spacial score (nSPS) is 20.2. The lowest BCUT2D eigenvalue weighted by atomic mass is 9.77. The molecule has 0 spiro atoms. The van der Waals surface area contributed by atoms with Crippen molar-refractivity contribution in [3.8, 4) is 23.0 Å². The number of benzene rings is 3. The van der Waals surface area contributed by atoms with Crippen LogP contribution in [0.4, 0.5) is 4.39 Å². The molecular formula is C29H30FNO4. The van der Waals surface area contributed by atoms with E-state index in [4.69, 9.17) is 9.47 Å². The van der Waals surface area contributed by atoms with Gasteiger partial charge in [-0.2, -0.15) is 0 Å². The highest BCUT2D eigenvalue weighted by molar-refractivity contribution is 5.97. The molecule has 5 nitrogen and oxygen atoms in total. The molecule has 2 aliphatic rings. The third-order valence-electron chi connectivity index (χ3n) is 6.93. The molecule has 35 heavy (non-hydrogen) atoms. The fourth-order valence-electron chi connectivity index (χ4n) is 5.16. The highest BCUT2D eigenvalue weighted by Crippen LogP contribution is 2.51. The van der Waals surface area contributed by atoms with Gasteiger partial charge in [-0.15, -0.1) is 0 Å². The number of likely N-dealkylation sites (tertiary alicyclic amines) is 1. The van der Waals surface area contributed by atoms with Crippen LogP contribution in [0.5, 0.6) is 23.0 Å². The lowest BCUT2D eigenvalue weighted by Gasteiger charge is -2.40. The molecule has 0 unspecified atom stereocenters. The maximum Gasteiger partial charge on any atom is 0.165 e. The SMILES string of the molecule is CCCN1CC(Oc2ccc([C@@]3(C)Oc4cc(O)ccc4C(C)=C3c3ccc(O)cc3)cc2F)C1. The summed E-state index contributed by atoms with van der Waals surface area (Å²) in [4.78, 5) is 2.29. The number of hydrogen-bond acceptors (Lipinski definition) is 5. The maximum atomic E-state index is 15.3. The van der Waals surface area contributed by atoms with Crippen molar-refractivity contribution in [2.75, 3.05) is 19.6 Å². The number of halogens is 1. The third-order valence-corrected chi connectivity index (χ3v) is 6.93. The van der Waals surface area contributed by atoms with E-state index in [1.165, 1.54) is 6.07 Å². The zero-order valence-corrected chi connectivity index (χ0v) is 20.2. The molecule has 3 aromatic carbocycles. The summed E-state index contributed by atoms with van der Waals surface area (Å²) in [6.07, 6.45) is 1.08. The fourth-order valence-corrected chi connectivity index (χ4v) is 5.16. The van der Waals surface area contributed by atoms with Crippen LogP contribution in [0.25, 0.3) is 11.1 Å². The number of nitrogens with zero attached hydrogens (tertiary/aromatic N) is 1. The van der Waals surface area contributed by atoms with E-state index in [0.29, 0.717) is 11.3 Å². The highest BCUT2D eigenvalue weighted by atomic mass is 19.1. The van der Waals surface area contributed by atoms with Gasteiger partial charge in [0.15, 0.2) is 17.2 Å². The van der Waals surface area contributed by atoms with Crippen LogP contribution in [-0.2, 0) is 5.60 Å². The summed E-state index contributed by atoms with van der Waals surface area (Å²) in [6, 6.07) is 16.9. The second-order valence-corrected chi connectivity index (χ2v) is 9.51. The summed E-state index contributed by atoms with van der Waals surface area (Å²) < 4.78 is 27.7. The Kier molecular flexibility index (Phi) is 5.93. The zero-order chi connectivity index (χ0) is 24.7. The largest absolute Gasteiger partial charge is 0.508 e. The average Bonchev–Trinajstić information content (AvgIpc) is 2.79. The topological polar surface area (TPSA) is 62.2 Å². The maximum absolute atomic E-state index is 15.3. The molecule has 0 aromatic heterocycles. The summed E-state index contributed by atoms with van der Waals surface area (Å²) >= 11 is 0. The molecule has 2 aliphatic heterocycles. The summed E-state index contributed by atoms with van der Waals surface area (Å²) in [5.74, 6) is 0.583. The van der Waals surface area contributed by atoms with Gasteiger partial charge in [0.2, 0.25) is 0 Å². The number of ether oxygens (including phenoxy) is 2. The molecule has 2 N–H and O–H groups in total. The van der Waals surface area contributed by atoms with Crippen molar-refractivity contribution in [1.82, 2.24) is 4.90 Å². The smallest absolute Gasteiger partial charge is 0.165 e. The Morgan fingerprint density at radius 1 is 1.03 bits per heavy atom. The number of phenolic OH excluding ortho intramolecular Hbond substituents is 2. The van der Waals surface area contributed by atoms with Gasteiger partial charge in [-0.25, -0.2) is 4.39 Å². The van der Waals surface area contributed by atoms with E-state index in [1.54, 1.807) is 30.3 Å². The van der Waals surface area contributed by atoms with E-state index in [9.17, 15) is 10.2 Å². The van der Waals surface area contributed by atoms with Gasteiger partial charge in [-0.05, 0) is 74.3 Å². The lowest BCUT2D eigenvalue weighted by molar-refractivity contribution is 0.0178. The minimum Gasteiger partial charge on any atom is -0.508 e. The molecule has 0 saturated carbocycles. The van der Waals surface area contributed by atoms with Crippen molar-refractivity contribution >= 4 is 11.1 Å². The van der Waals surface area contributed by atoms with Gasteiger partial charge in [-0.3, -0.25) is 4.90 Å². The van der Waals surface area contributed by atoms with Gasteiger partial charge >= 0.3 is 0 Å². The van der Waals surface area contributed by atoms with Crippen LogP contribution in [0.2, 0.25) is 0 Å². The van der Waals surface area contributed by atoms with Crippen LogP contribution in [0.3, 0.4) is 0 Å². The van der Waals surface area contributed by atoms with Gasteiger partial charge in [0, 0.05) is 35.9 Å². The Hall–Kier alpha value is -3.51. The Balaban J connectivity index is 1.53. The molecular weight excluding hydrogens is 445 g/mol. The second kappa shape index (κ2) is 8.93. The van der Waals surface area contributed by atoms with Crippen molar-refractivity contribution in [3.05, 3.63) is 83.2 Å². The molecule has 6 heteroatoms. The van der Waals surface area contributed by atoms with Crippen molar-refractivity contribution < 1.29 is 24.1 Å². The molecule has 0 aliphatic carbocycles. The van der Waals surface area contributed by atoms with Crippen molar-refractivity contribution in [2.45, 2.75) is 38.9 Å². The molecule has 1 fully saturated rings. The first-order chi connectivity index (χ1) is 16.8. The monoisotopic (exact) mass is 475 g/mol. The standard InChI is InChI=1S/C29H30FNO4/c1-4-13-31-16-23(17-31)34-26-12-7-20(14-25(26)30)29(3)28(19-5-8-21(32)9-6-19)18(2)24-11-10-22(33)15-27(24)35-29/h5-12,14-15,23,32-33H,4,13,16-17H2,1-3H3/t29-/m1/s1. The molecule has 0 amide bonds. The zero-order valence-electron chi connectivity index (χ0n) is 20.2. The molecule has 2 heterocycles. The number of hydrogen-bond donors (Lipinski definition) is 2. The third kappa shape index (κ3) is 4.23. The van der Waals surface area contributed by atoms with E-state index >= 15 is 4.39 Å². The number of aromatic hydroxyl groups is 2. The molecule has 1 saturated heterocycles. The fraction of sp³-hybridized carbons (Fsp3) is 0.310. The van der Waals surface area contributed by atoms with Gasteiger partial charge in [0.05, 0.1) is 0 Å². The molecule has 182 valence electrons. The highest BCUT2D eigenvalue weighted by Gasteiger charge is 2.41. The van der Waals surface area contributed by atoms with Crippen LogP contribution in [0, 0.1) is 5.82 Å².